The molecular formula is C23H28O3. The first-order valence-electron chi connectivity index (χ1n) is 9.17. The van der Waals surface area contributed by atoms with Crippen LogP contribution in [0, 0.1) is 0 Å². The summed E-state index contributed by atoms with van der Waals surface area (Å²) in [5.41, 5.74) is 5.94. The quantitative estimate of drug-likeness (QED) is 0.785. The van der Waals surface area contributed by atoms with Gasteiger partial charge in [0.25, 0.3) is 0 Å². The van der Waals surface area contributed by atoms with Crippen molar-refractivity contribution in [1.29, 1.82) is 0 Å². The average molecular weight is 352 g/mol. The molecule has 0 saturated heterocycles. The molecule has 0 aliphatic heterocycles. The van der Waals surface area contributed by atoms with Crippen LogP contribution in [0.3, 0.4) is 0 Å². The van der Waals surface area contributed by atoms with Crippen molar-refractivity contribution < 1.29 is 14.6 Å². The van der Waals surface area contributed by atoms with Crippen molar-refractivity contribution in [2.45, 2.75) is 58.0 Å². The number of carboxylic acids is 1. The Kier molecular flexibility index (Phi) is 4.70. The second-order valence-corrected chi connectivity index (χ2v) is 8.61. The predicted octanol–water partition coefficient (Wildman–Crippen LogP) is 5.55. The third-order valence-corrected chi connectivity index (χ3v) is 5.77. The summed E-state index contributed by atoms with van der Waals surface area (Å²) in [4.78, 5) is 11.8. The van der Waals surface area contributed by atoms with Gasteiger partial charge in [0.05, 0.1) is 12.2 Å². The standard InChI is InChI=1S/C23H28O3/c1-22(2)10-11-23(3,4)20-18(12-16(21(24)25)13-19(20)22)17-9-7-6-8-15(17)14-26-5/h6-9,12-13H,10-11,14H2,1-5H3,(H,24,25). The highest BCUT2D eigenvalue weighted by Crippen LogP contribution is 2.50. The molecule has 3 nitrogen and oxygen atoms in total. The lowest BCUT2D eigenvalue weighted by Gasteiger charge is -2.43. The lowest BCUT2D eigenvalue weighted by molar-refractivity contribution is 0.0696. The maximum absolute atomic E-state index is 11.8. The Bertz CT molecular complexity index is 847. The van der Waals surface area contributed by atoms with E-state index in [1.807, 2.05) is 24.3 Å². The molecule has 26 heavy (non-hydrogen) atoms. The van der Waals surface area contributed by atoms with Crippen molar-refractivity contribution in [2.75, 3.05) is 7.11 Å². The summed E-state index contributed by atoms with van der Waals surface area (Å²) in [6, 6.07) is 11.9. The van der Waals surface area contributed by atoms with Crippen molar-refractivity contribution in [3.8, 4) is 11.1 Å². The first-order chi connectivity index (χ1) is 12.2. The molecule has 138 valence electrons. The second kappa shape index (κ2) is 6.55. The van der Waals surface area contributed by atoms with Crippen LogP contribution in [0.5, 0.6) is 0 Å². The molecule has 0 bridgehead atoms. The molecule has 0 saturated carbocycles. The average Bonchev–Trinajstić information content (AvgIpc) is 2.59. The number of aromatic carboxylic acids is 1. The fourth-order valence-corrected chi connectivity index (χ4v) is 4.19. The lowest BCUT2D eigenvalue weighted by Crippen LogP contribution is -2.35. The Hall–Kier alpha value is -2.13. The molecule has 0 fully saturated rings. The Morgan fingerprint density at radius 1 is 1.04 bits per heavy atom. The number of hydrogen-bond donors (Lipinski definition) is 1. The summed E-state index contributed by atoms with van der Waals surface area (Å²) >= 11 is 0. The summed E-state index contributed by atoms with van der Waals surface area (Å²) in [7, 11) is 1.69. The summed E-state index contributed by atoms with van der Waals surface area (Å²) < 4.78 is 5.39. The Morgan fingerprint density at radius 2 is 1.69 bits per heavy atom. The molecule has 3 rings (SSSR count). The van der Waals surface area contributed by atoms with Crippen LogP contribution in [-0.2, 0) is 22.2 Å². The van der Waals surface area contributed by atoms with Crippen LogP contribution in [-0.4, -0.2) is 18.2 Å². The van der Waals surface area contributed by atoms with Gasteiger partial charge in [-0.05, 0) is 63.6 Å². The van der Waals surface area contributed by atoms with Gasteiger partial charge in [-0.25, -0.2) is 4.79 Å². The van der Waals surface area contributed by atoms with Crippen LogP contribution in [0.25, 0.3) is 11.1 Å². The maximum atomic E-state index is 11.8. The van der Waals surface area contributed by atoms with Crippen LogP contribution in [0.4, 0.5) is 0 Å². The fourth-order valence-electron chi connectivity index (χ4n) is 4.19. The number of ether oxygens (including phenoxy) is 1. The van der Waals surface area contributed by atoms with E-state index < -0.39 is 5.97 Å². The number of hydrogen-bond acceptors (Lipinski definition) is 2. The SMILES string of the molecule is COCc1ccccc1-c1cc(C(=O)O)cc2c1C(C)(C)CCC2(C)C. The molecule has 0 unspecified atom stereocenters. The molecule has 2 aromatic rings. The van der Waals surface area contributed by atoms with E-state index >= 15 is 0 Å². The Labute approximate surface area is 156 Å². The van der Waals surface area contributed by atoms with E-state index in [9.17, 15) is 9.90 Å². The molecule has 0 atom stereocenters. The molecule has 0 aromatic heterocycles. The largest absolute Gasteiger partial charge is 0.478 e. The Morgan fingerprint density at radius 3 is 2.35 bits per heavy atom. The first kappa shape index (κ1) is 18.7. The smallest absolute Gasteiger partial charge is 0.335 e. The number of fused-ring (bicyclic) bond motifs is 1. The third-order valence-electron chi connectivity index (χ3n) is 5.77. The highest BCUT2D eigenvalue weighted by Gasteiger charge is 2.39. The van der Waals surface area contributed by atoms with Crippen molar-refractivity contribution in [3.63, 3.8) is 0 Å². The molecule has 3 heteroatoms. The minimum Gasteiger partial charge on any atom is -0.478 e. The van der Waals surface area contributed by atoms with Crippen molar-refractivity contribution in [3.05, 3.63) is 58.7 Å². The predicted molar refractivity (Wildman–Crippen MR) is 105 cm³/mol. The topological polar surface area (TPSA) is 46.5 Å². The molecular weight excluding hydrogens is 324 g/mol. The van der Waals surface area contributed by atoms with Crippen LogP contribution < -0.4 is 0 Å². The van der Waals surface area contributed by atoms with E-state index in [1.54, 1.807) is 7.11 Å². The van der Waals surface area contributed by atoms with E-state index in [4.69, 9.17) is 4.74 Å². The van der Waals surface area contributed by atoms with Crippen LogP contribution in [0.1, 0.15) is 67.6 Å². The fraction of sp³-hybridized carbons (Fsp3) is 0.435. The van der Waals surface area contributed by atoms with Gasteiger partial charge in [-0.2, -0.15) is 0 Å². The molecule has 0 spiro atoms. The van der Waals surface area contributed by atoms with Gasteiger partial charge in [-0.1, -0.05) is 52.0 Å². The Balaban J connectivity index is 2.39. The summed E-state index contributed by atoms with van der Waals surface area (Å²) in [6.45, 7) is 9.48. The monoisotopic (exact) mass is 352 g/mol. The van der Waals surface area contributed by atoms with Gasteiger partial charge < -0.3 is 9.84 Å². The first-order valence-corrected chi connectivity index (χ1v) is 9.17. The zero-order valence-corrected chi connectivity index (χ0v) is 16.3. The molecule has 0 radical (unpaired) electrons. The van der Waals surface area contributed by atoms with Gasteiger partial charge in [0.15, 0.2) is 0 Å². The summed E-state index contributed by atoms with van der Waals surface area (Å²) in [5.74, 6) is -0.877. The van der Waals surface area contributed by atoms with E-state index in [2.05, 4.69) is 39.8 Å². The van der Waals surface area contributed by atoms with Gasteiger partial charge in [0.1, 0.15) is 0 Å². The number of rotatable bonds is 4. The molecule has 1 aliphatic carbocycles. The number of methoxy groups -OCH3 is 1. The van der Waals surface area contributed by atoms with Gasteiger partial charge >= 0.3 is 5.97 Å². The van der Waals surface area contributed by atoms with E-state index in [0.29, 0.717) is 12.2 Å². The number of carbonyl (C=O) groups is 1. The van der Waals surface area contributed by atoms with Gasteiger partial charge in [-0.15, -0.1) is 0 Å². The van der Waals surface area contributed by atoms with E-state index in [1.165, 1.54) is 5.56 Å². The molecule has 1 aliphatic rings. The normalized spacial score (nSPS) is 17.6. The highest BCUT2D eigenvalue weighted by atomic mass is 16.5. The summed E-state index contributed by atoms with van der Waals surface area (Å²) in [5, 5.41) is 9.71. The minimum absolute atomic E-state index is 0.00258. The molecule has 0 heterocycles. The van der Waals surface area contributed by atoms with Crippen LogP contribution in [0.2, 0.25) is 0 Å². The minimum atomic E-state index is -0.877. The molecule has 2 aromatic carbocycles. The number of benzene rings is 2. The van der Waals surface area contributed by atoms with Crippen molar-refractivity contribution in [2.24, 2.45) is 0 Å². The zero-order valence-electron chi connectivity index (χ0n) is 16.3. The van der Waals surface area contributed by atoms with Gasteiger partial charge in [0, 0.05) is 7.11 Å². The third kappa shape index (κ3) is 3.16. The van der Waals surface area contributed by atoms with E-state index in [0.717, 1.165) is 35.1 Å². The summed E-state index contributed by atoms with van der Waals surface area (Å²) in [6.07, 6.45) is 2.13. The molecule has 1 N–H and O–H groups in total. The van der Waals surface area contributed by atoms with Gasteiger partial charge in [0.2, 0.25) is 0 Å². The highest BCUT2D eigenvalue weighted by molar-refractivity contribution is 5.91. The van der Waals surface area contributed by atoms with Crippen LogP contribution in [0.15, 0.2) is 36.4 Å². The van der Waals surface area contributed by atoms with Crippen LogP contribution >= 0.6 is 0 Å². The van der Waals surface area contributed by atoms with Gasteiger partial charge in [-0.3, -0.25) is 0 Å². The lowest BCUT2D eigenvalue weighted by atomic mass is 9.61. The van der Waals surface area contributed by atoms with Crippen molar-refractivity contribution in [1.82, 2.24) is 0 Å². The van der Waals surface area contributed by atoms with Crippen molar-refractivity contribution >= 4 is 5.97 Å². The maximum Gasteiger partial charge on any atom is 0.335 e. The molecule has 0 amide bonds. The number of carboxylic acid groups (broad SMARTS) is 1. The second-order valence-electron chi connectivity index (χ2n) is 8.61. The zero-order chi connectivity index (χ0) is 19.1. The van der Waals surface area contributed by atoms with E-state index in [-0.39, 0.29) is 10.8 Å².